The number of hydrogen-bond acceptors (Lipinski definition) is 1. The van der Waals surface area contributed by atoms with Gasteiger partial charge in [0.1, 0.15) is 0 Å². The Morgan fingerprint density at radius 1 is 1.14 bits per heavy atom. The summed E-state index contributed by atoms with van der Waals surface area (Å²) in [5, 5.41) is 0. The van der Waals surface area contributed by atoms with Crippen molar-refractivity contribution in [2.75, 3.05) is 19.0 Å². The second-order valence-electron chi connectivity index (χ2n) is 4.13. The summed E-state index contributed by atoms with van der Waals surface area (Å²) in [5.74, 6) is 0. The lowest BCUT2D eigenvalue weighted by molar-refractivity contribution is 1.11. The standard InChI is InChI=1S/C13H19N/c1-9(2)12-7-11(4)13(14(5)6)8-10(12)3/h7-8H,1H2,2-6H3. The fraction of sp³-hybridized carbons (Fsp3) is 0.385. The Bertz CT molecular complexity index is 362. The van der Waals surface area contributed by atoms with E-state index in [-0.39, 0.29) is 0 Å². The molecule has 0 aliphatic carbocycles. The zero-order chi connectivity index (χ0) is 10.9. The smallest absolute Gasteiger partial charge is 0.0393 e. The van der Waals surface area contributed by atoms with Crippen LogP contribution in [0.4, 0.5) is 5.69 Å². The molecule has 0 saturated carbocycles. The van der Waals surface area contributed by atoms with Gasteiger partial charge < -0.3 is 4.90 Å². The molecule has 1 aromatic rings. The molecule has 0 unspecified atom stereocenters. The second kappa shape index (κ2) is 3.87. The molecule has 1 aromatic carbocycles. The summed E-state index contributed by atoms with van der Waals surface area (Å²) in [6, 6.07) is 4.44. The van der Waals surface area contributed by atoms with E-state index in [1.54, 1.807) is 0 Å². The predicted octanol–water partition coefficient (Wildman–Crippen LogP) is 3.40. The highest BCUT2D eigenvalue weighted by atomic mass is 15.1. The summed E-state index contributed by atoms with van der Waals surface area (Å²) in [6.07, 6.45) is 0. The van der Waals surface area contributed by atoms with E-state index >= 15 is 0 Å². The van der Waals surface area contributed by atoms with E-state index < -0.39 is 0 Å². The average Bonchev–Trinajstić information content (AvgIpc) is 2.07. The number of benzene rings is 1. The molecule has 14 heavy (non-hydrogen) atoms. The molecule has 0 aromatic heterocycles. The Balaban J connectivity index is 3.31. The quantitative estimate of drug-likeness (QED) is 0.689. The maximum absolute atomic E-state index is 3.99. The molecule has 0 bridgehead atoms. The summed E-state index contributed by atoms with van der Waals surface area (Å²) in [6.45, 7) is 10.3. The first-order valence-electron chi connectivity index (χ1n) is 4.88. The largest absolute Gasteiger partial charge is 0.377 e. The Kier molecular flexibility index (Phi) is 3.00. The Hall–Kier alpha value is -1.24. The molecule has 0 N–H and O–H groups in total. The lowest BCUT2D eigenvalue weighted by atomic mass is 9.99. The van der Waals surface area contributed by atoms with Crippen LogP contribution in [-0.4, -0.2) is 14.1 Å². The molecule has 0 heterocycles. The van der Waals surface area contributed by atoms with Crippen LogP contribution in [-0.2, 0) is 0 Å². The molecule has 0 aliphatic rings. The molecule has 76 valence electrons. The first-order valence-corrected chi connectivity index (χ1v) is 4.88. The Morgan fingerprint density at radius 2 is 1.71 bits per heavy atom. The van der Waals surface area contributed by atoms with E-state index in [1.807, 2.05) is 0 Å². The van der Waals surface area contributed by atoms with E-state index in [2.05, 4.69) is 58.5 Å². The second-order valence-corrected chi connectivity index (χ2v) is 4.13. The fourth-order valence-corrected chi connectivity index (χ4v) is 1.74. The summed E-state index contributed by atoms with van der Waals surface area (Å²) < 4.78 is 0. The number of hydrogen-bond donors (Lipinski definition) is 0. The van der Waals surface area contributed by atoms with Crippen LogP contribution in [0.3, 0.4) is 0 Å². The van der Waals surface area contributed by atoms with Crippen LogP contribution in [0, 0.1) is 13.8 Å². The van der Waals surface area contributed by atoms with Crippen molar-refractivity contribution in [3.63, 3.8) is 0 Å². The summed E-state index contributed by atoms with van der Waals surface area (Å²) >= 11 is 0. The van der Waals surface area contributed by atoms with E-state index in [4.69, 9.17) is 0 Å². The van der Waals surface area contributed by atoms with Gasteiger partial charge in [0.05, 0.1) is 0 Å². The molecule has 0 spiro atoms. The third kappa shape index (κ3) is 1.98. The lowest BCUT2D eigenvalue weighted by Crippen LogP contribution is -2.10. The van der Waals surface area contributed by atoms with Gasteiger partial charge in [0.25, 0.3) is 0 Å². The number of nitrogens with zero attached hydrogens (tertiary/aromatic N) is 1. The molecule has 0 saturated heterocycles. The molecular formula is C13H19N. The Morgan fingerprint density at radius 3 is 2.14 bits per heavy atom. The van der Waals surface area contributed by atoms with Crippen molar-refractivity contribution in [3.8, 4) is 0 Å². The lowest BCUT2D eigenvalue weighted by Gasteiger charge is -2.18. The van der Waals surface area contributed by atoms with Crippen molar-refractivity contribution in [1.29, 1.82) is 0 Å². The van der Waals surface area contributed by atoms with E-state index in [0.717, 1.165) is 5.57 Å². The highest BCUT2D eigenvalue weighted by Crippen LogP contribution is 2.26. The van der Waals surface area contributed by atoms with Crippen LogP contribution >= 0.6 is 0 Å². The van der Waals surface area contributed by atoms with E-state index in [1.165, 1.54) is 22.4 Å². The third-order valence-electron chi connectivity index (χ3n) is 2.48. The molecule has 1 rings (SSSR count). The zero-order valence-corrected chi connectivity index (χ0v) is 9.81. The fourth-order valence-electron chi connectivity index (χ4n) is 1.74. The minimum absolute atomic E-state index is 1.14. The van der Waals surface area contributed by atoms with E-state index in [0.29, 0.717) is 0 Å². The zero-order valence-electron chi connectivity index (χ0n) is 9.81. The Labute approximate surface area is 87.1 Å². The minimum Gasteiger partial charge on any atom is -0.377 e. The highest BCUT2D eigenvalue weighted by molar-refractivity contribution is 5.69. The van der Waals surface area contributed by atoms with Gasteiger partial charge in [-0.25, -0.2) is 0 Å². The number of rotatable bonds is 2. The number of allylic oxidation sites excluding steroid dienone is 1. The molecule has 0 aliphatic heterocycles. The first kappa shape index (κ1) is 10.8. The predicted molar refractivity (Wildman–Crippen MR) is 65.0 cm³/mol. The third-order valence-corrected chi connectivity index (χ3v) is 2.48. The van der Waals surface area contributed by atoms with E-state index in [9.17, 15) is 0 Å². The molecule has 0 amide bonds. The van der Waals surface area contributed by atoms with Crippen LogP contribution in [0.1, 0.15) is 23.6 Å². The molecule has 0 atom stereocenters. The molecule has 0 fully saturated rings. The van der Waals surface area contributed by atoms with Crippen LogP contribution in [0.5, 0.6) is 0 Å². The van der Waals surface area contributed by atoms with Crippen molar-refractivity contribution in [2.24, 2.45) is 0 Å². The summed E-state index contributed by atoms with van der Waals surface area (Å²) in [7, 11) is 4.14. The summed E-state index contributed by atoms with van der Waals surface area (Å²) in [5.41, 5.74) is 6.29. The van der Waals surface area contributed by atoms with Gasteiger partial charge in [-0.1, -0.05) is 12.2 Å². The van der Waals surface area contributed by atoms with Gasteiger partial charge in [-0.3, -0.25) is 0 Å². The maximum Gasteiger partial charge on any atom is 0.0393 e. The van der Waals surface area contributed by atoms with Gasteiger partial charge in [-0.15, -0.1) is 0 Å². The maximum atomic E-state index is 3.99. The van der Waals surface area contributed by atoms with Crippen molar-refractivity contribution in [3.05, 3.63) is 35.4 Å². The van der Waals surface area contributed by atoms with Crippen LogP contribution < -0.4 is 4.90 Å². The summed E-state index contributed by atoms with van der Waals surface area (Å²) in [4.78, 5) is 2.14. The monoisotopic (exact) mass is 189 g/mol. The van der Waals surface area contributed by atoms with Crippen molar-refractivity contribution < 1.29 is 0 Å². The van der Waals surface area contributed by atoms with Gasteiger partial charge in [-0.05, 0) is 49.6 Å². The molecular weight excluding hydrogens is 170 g/mol. The van der Waals surface area contributed by atoms with Crippen LogP contribution in [0.15, 0.2) is 18.7 Å². The van der Waals surface area contributed by atoms with Gasteiger partial charge in [0.15, 0.2) is 0 Å². The van der Waals surface area contributed by atoms with Crippen molar-refractivity contribution in [1.82, 2.24) is 0 Å². The number of anilines is 1. The first-order chi connectivity index (χ1) is 6.43. The topological polar surface area (TPSA) is 3.24 Å². The minimum atomic E-state index is 1.14. The van der Waals surface area contributed by atoms with Gasteiger partial charge in [0.2, 0.25) is 0 Å². The van der Waals surface area contributed by atoms with Gasteiger partial charge in [-0.2, -0.15) is 0 Å². The van der Waals surface area contributed by atoms with Gasteiger partial charge in [0, 0.05) is 19.8 Å². The molecule has 1 nitrogen and oxygen atoms in total. The number of aryl methyl sites for hydroxylation is 2. The van der Waals surface area contributed by atoms with Crippen molar-refractivity contribution in [2.45, 2.75) is 20.8 Å². The van der Waals surface area contributed by atoms with Crippen LogP contribution in [0.2, 0.25) is 0 Å². The average molecular weight is 189 g/mol. The van der Waals surface area contributed by atoms with Gasteiger partial charge >= 0.3 is 0 Å². The normalized spacial score (nSPS) is 10.1. The van der Waals surface area contributed by atoms with Crippen molar-refractivity contribution >= 4 is 11.3 Å². The SMILES string of the molecule is C=C(C)c1cc(C)c(N(C)C)cc1C. The molecule has 0 radical (unpaired) electrons. The van der Waals surface area contributed by atoms with Crippen LogP contribution in [0.25, 0.3) is 5.57 Å². The highest BCUT2D eigenvalue weighted by Gasteiger charge is 2.05. The molecule has 1 heteroatoms.